The van der Waals surface area contributed by atoms with Crippen molar-refractivity contribution in [1.82, 2.24) is 0 Å². The van der Waals surface area contributed by atoms with E-state index in [1.54, 1.807) is 0 Å². The summed E-state index contributed by atoms with van der Waals surface area (Å²) in [5.74, 6) is 1.22. The van der Waals surface area contributed by atoms with Crippen LogP contribution in [0.5, 0.6) is 0 Å². The fourth-order valence-corrected chi connectivity index (χ4v) is 2.97. The Balaban J connectivity index is 0.000000545. The van der Waals surface area contributed by atoms with Crippen molar-refractivity contribution in [1.29, 1.82) is 0 Å². The molecule has 2 aromatic carbocycles. The van der Waals surface area contributed by atoms with E-state index in [1.807, 2.05) is 0 Å². The molecule has 0 saturated heterocycles. The van der Waals surface area contributed by atoms with Crippen LogP contribution < -0.4 is 0 Å². The van der Waals surface area contributed by atoms with Gasteiger partial charge in [0.05, 0.1) is 0 Å². The zero-order chi connectivity index (χ0) is 16.3. The second kappa shape index (κ2) is 8.14. The molecule has 0 heterocycles. The van der Waals surface area contributed by atoms with E-state index in [2.05, 4.69) is 64.1 Å². The molecule has 22 heavy (non-hydrogen) atoms. The third-order valence-corrected chi connectivity index (χ3v) is 4.26. The molecule has 0 spiro atoms. The van der Waals surface area contributed by atoms with E-state index in [1.165, 1.54) is 33.4 Å². The van der Waals surface area contributed by atoms with E-state index in [-0.39, 0.29) is 0 Å². The number of hydrogen-bond acceptors (Lipinski definition) is 0. The number of benzene rings is 2. The first kappa shape index (κ1) is 18.2. The van der Waals surface area contributed by atoms with E-state index in [4.69, 9.17) is 17.0 Å². The minimum atomic E-state index is -0.826. The van der Waals surface area contributed by atoms with Crippen molar-refractivity contribution in [2.45, 2.75) is 46.0 Å². The second-order valence-corrected chi connectivity index (χ2v) is 10.1. The SMILES string of the molecule is CC(C)c1ccc2c(c1)Cc1cc(C(C)C)ccc1-2.[Cl][Zr][Cl]. The van der Waals surface area contributed by atoms with Crippen LogP contribution in [0.25, 0.3) is 11.1 Å². The predicted octanol–water partition coefficient (Wildman–Crippen LogP) is 6.88. The molecule has 1 aliphatic rings. The summed E-state index contributed by atoms with van der Waals surface area (Å²) in [5, 5.41) is 0. The van der Waals surface area contributed by atoms with Gasteiger partial charge in [0.1, 0.15) is 0 Å². The van der Waals surface area contributed by atoms with E-state index < -0.39 is 20.8 Å². The Morgan fingerprint density at radius 3 is 1.45 bits per heavy atom. The Kier molecular flexibility index (Phi) is 6.75. The molecule has 0 nitrogen and oxygen atoms in total. The first-order valence-corrected chi connectivity index (χ1v) is 14.0. The summed E-state index contributed by atoms with van der Waals surface area (Å²) in [4.78, 5) is 0. The number of fused-ring (bicyclic) bond motifs is 3. The molecule has 0 aliphatic heterocycles. The summed E-state index contributed by atoms with van der Waals surface area (Å²) < 4.78 is 0. The molecule has 1 aliphatic carbocycles. The Hall–Kier alpha value is -0.0969. The second-order valence-electron chi connectivity index (χ2n) is 6.39. The third kappa shape index (κ3) is 4.05. The molecule has 0 aromatic heterocycles. The molecule has 3 rings (SSSR count). The maximum absolute atomic E-state index is 4.93. The van der Waals surface area contributed by atoms with Crippen LogP contribution in [-0.4, -0.2) is 0 Å². The molecule has 0 fully saturated rings. The van der Waals surface area contributed by atoms with Crippen molar-refractivity contribution in [2.75, 3.05) is 0 Å². The number of halogens is 2. The molecule has 0 saturated carbocycles. The van der Waals surface area contributed by atoms with Gasteiger partial charge in [0.25, 0.3) is 0 Å². The first-order chi connectivity index (χ1) is 10.5. The van der Waals surface area contributed by atoms with Gasteiger partial charge in [0, 0.05) is 0 Å². The standard InChI is InChI=1S/C19H22.2ClH.Zr/c1-12(2)14-5-7-18-16(9-14)11-17-10-15(13(3)4)6-8-19(17)18;;;/h5-10,12-13H,11H2,1-4H3;2*1H;/q;;;+2/p-2. The summed E-state index contributed by atoms with van der Waals surface area (Å²) >= 11 is -0.826. The van der Waals surface area contributed by atoms with Crippen molar-refractivity contribution >= 4 is 17.0 Å². The molecule has 0 unspecified atom stereocenters. The van der Waals surface area contributed by atoms with Crippen LogP contribution in [0.3, 0.4) is 0 Å². The number of hydrogen-bond donors (Lipinski definition) is 0. The van der Waals surface area contributed by atoms with Crippen molar-refractivity contribution in [3.05, 3.63) is 58.7 Å². The van der Waals surface area contributed by atoms with Crippen molar-refractivity contribution in [3.63, 3.8) is 0 Å². The molecule has 0 N–H and O–H groups in total. The van der Waals surface area contributed by atoms with Crippen LogP contribution in [0, 0.1) is 0 Å². The van der Waals surface area contributed by atoms with Gasteiger partial charge in [-0.1, -0.05) is 64.1 Å². The van der Waals surface area contributed by atoms with Gasteiger partial charge in [-0.2, -0.15) is 0 Å². The molecule has 116 valence electrons. The number of rotatable bonds is 2. The summed E-state index contributed by atoms with van der Waals surface area (Å²) in [6.45, 7) is 9.06. The van der Waals surface area contributed by atoms with E-state index in [0.717, 1.165) is 6.42 Å². The molecule has 3 heteroatoms. The summed E-state index contributed by atoms with van der Waals surface area (Å²) in [6.07, 6.45) is 1.10. The molecule has 0 radical (unpaired) electrons. The van der Waals surface area contributed by atoms with Crippen LogP contribution >= 0.6 is 17.0 Å². The van der Waals surface area contributed by atoms with Gasteiger partial charge in [-0.15, -0.1) is 0 Å². The maximum atomic E-state index is 4.93. The molecular weight excluding hydrogens is 390 g/mol. The van der Waals surface area contributed by atoms with Crippen LogP contribution in [-0.2, 0) is 27.3 Å². The Labute approximate surface area is 152 Å². The van der Waals surface area contributed by atoms with E-state index in [9.17, 15) is 0 Å². The van der Waals surface area contributed by atoms with Gasteiger partial charge in [-0.05, 0) is 51.6 Å². The van der Waals surface area contributed by atoms with Crippen LogP contribution in [0.1, 0.15) is 61.8 Å². The van der Waals surface area contributed by atoms with Crippen LogP contribution in [0.2, 0.25) is 0 Å². The molecule has 2 aromatic rings. The monoisotopic (exact) mass is 410 g/mol. The first-order valence-electron chi connectivity index (χ1n) is 7.70. The molecule has 0 bridgehead atoms. The minimum absolute atomic E-state index is 0.611. The Morgan fingerprint density at radius 2 is 1.14 bits per heavy atom. The van der Waals surface area contributed by atoms with Gasteiger partial charge in [0.2, 0.25) is 0 Å². The van der Waals surface area contributed by atoms with Crippen LogP contribution in [0.15, 0.2) is 36.4 Å². The average molecular weight is 413 g/mol. The molecular formula is C19H22Cl2Zr. The molecule has 0 atom stereocenters. The van der Waals surface area contributed by atoms with Crippen molar-refractivity contribution in [2.24, 2.45) is 0 Å². The fourth-order valence-electron chi connectivity index (χ4n) is 2.97. The van der Waals surface area contributed by atoms with Crippen LogP contribution in [0.4, 0.5) is 0 Å². The van der Waals surface area contributed by atoms with Gasteiger partial charge in [-0.25, -0.2) is 0 Å². The van der Waals surface area contributed by atoms with Gasteiger partial charge >= 0.3 is 37.9 Å². The fraction of sp³-hybridized carbons (Fsp3) is 0.368. The molecule has 0 amide bonds. The quantitative estimate of drug-likeness (QED) is 0.430. The van der Waals surface area contributed by atoms with E-state index in [0.29, 0.717) is 11.8 Å². The Morgan fingerprint density at radius 1 is 0.773 bits per heavy atom. The topological polar surface area (TPSA) is 0 Å². The summed E-state index contributed by atoms with van der Waals surface area (Å²) in [6, 6.07) is 14.0. The Bertz CT molecular complexity index is 592. The van der Waals surface area contributed by atoms with Gasteiger partial charge < -0.3 is 0 Å². The summed E-state index contributed by atoms with van der Waals surface area (Å²) in [7, 11) is 9.87. The summed E-state index contributed by atoms with van der Waals surface area (Å²) in [5.41, 5.74) is 8.79. The van der Waals surface area contributed by atoms with Gasteiger partial charge in [-0.3, -0.25) is 0 Å². The zero-order valence-corrected chi connectivity index (χ0v) is 17.6. The average Bonchev–Trinajstić information content (AvgIpc) is 2.84. The zero-order valence-electron chi connectivity index (χ0n) is 13.6. The van der Waals surface area contributed by atoms with Gasteiger partial charge in [0.15, 0.2) is 0 Å². The third-order valence-electron chi connectivity index (χ3n) is 4.26. The predicted molar refractivity (Wildman–Crippen MR) is 94.6 cm³/mol. The van der Waals surface area contributed by atoms with E-state index >= 15 is 0 Å². The van der Waals surface area contributed by atoms with Crippen molar-refractivity contribution < 1.29 is 20.8 Å². The normalized spacial score (nSPS) is 11.8. The van der Waals surface area contributed by atoms with Crippen molar-refractivity contribution in [3.8, 4) is 11.1 Å².